The standard InChI is InChI=1S/C16H24N2OS/c1-2-13(1)11-19-16-7-15-9-17(4-5-18(15)10-16)8-14-3-6-20-12-14/h3,6,12-13,15-16H,1-2,4-5,7-11H2/t15-,16+/m1/s1. The number of piperazine rings is 1. The molecular weight excluding hydrogens is 268 g/mol. The largest absolute Gasteiger partial charge is 0.377 e. The number of hydrogen-bond acceptors (Lipinski definition) is 4. The van der Waals surface area contributed by atoms with Gasteiger partial charge in [0.25, 0.3) is 0 Å². The van der Waals surface area contributed by atoms with Crippen LogP contribution in [0.1, 0.15) is 24.8 Å². The van der Waals surface area contributed by atoms with Gasteiger partial charge in [0, 0.05) is 45.4 Å². The first-order chi connectivity index (χ1) is 9.87. The van der Waals surface area contributed by atoms with Crippen molar-refractivity contribution >= 4 is 11.3 Å². The van der Waals surface area contributed by atoms with Crippen molar-refractivity contribution in [1.82, 2.24) is 9.80 Å². The minimum Gasteiger partial charge on any atom is -0.377 e. The van der Waals surface area contributed by atoms with E-state index in [1.807, 2.05) is 0 Å². The van der Waals surface area contributed by atoms with Gasteiger partial charge in [0.1, 0.15) is 0 Å². The van der Waals surface area contributed by atoms with Crippen molar-refractivity contribution in [3.8, 4) is 0 Å². The summed E-state index contributed by atoms with van der Waals surface area (Å²) in [5.74, 6) is 0.891. The Labute approximate surface area is 125 Å². The van der Waals surface area contributed by atoms with E-state index in [-0.39, 0.29) is 0 Å². The maximum atomic E-state index is 6.10. The average Bonchev–Trinajstić information content (AvgIpc) is 2.97. The lowest BCUT2D eigenvalue weighted by Gasteiger charge is -2.37. The Bertz CT molecular complexity index is 432. The number of nitrogens with zero attached hydrogens (tertiary/aromatic N) is 2. The van der Waals surface area contributed by atoms with Crippen LogP contribution in [0.5, 0.6) is 0 Å². The smallest absolute Gasteiger partial charge is 0.0717 e. The van der Waals surface area contributed by atoms with Crippen LogP contribution >= 0.6 is 11.3 Å². The van der Waals surface area contributed by atoms with E-state index in [9.17, 15) is 0 Å². The monoisotopic (exact) mass is 292 g/mol. The third kappa shape index (κ3) is 3.08. The Morgan fingerprint density at radius 1 is 1.25 bits per heavy atom. The second kappa shape index (κ2) is 5.76. The fourth-order valence-electron chi connectivity index (χ4n) is 3.52. The molecule has 2 aliphatic heterocycles. The zero-order chi connectivity index (χ0) is 13.4. The zero-order valence-electron chi connectivity index (χ0n) is 12.0. The highest BCUT2D eigenvalue weighted by Gasteiger charge is 2.37. The lowest BCUT2D eigenvalue weighted by atomic mass is 10.1. The number of rotatable bonds is 5. The summed E-state index contributed by atoms with van der Waals surface area (Å²) in [7, 11) is 0. The third-order valence-corrected chi connectivity index (χ3v) is 5.64. The van der Waals surface area contributed by atoms with E-state index < -0.39 is 0 Å². The molecule has 0 spiro atoms. The van der Waals surface area contributed by atoms with Gasteiger partial charge in [-0.2, -0.15) is 11.3 Å². The van der Waals surface area contributed by atoms with Crippen LogP contribution in [0.15, 0.2) is 16.8 Å². The molecule has 20 heavy (non-hydrogen) atoms. The Kier molecular flexibility index (Phi) is 3.82. The maximum absolute atomic E-state index is 6.10. The van der Waals surface area contributed by atoms with Crippen LogP contribution in [-0.4, -0.2) is 54.7 Å². The Balaban J connectivity index is 1.28. The highest BCUT2D eigenvalue weighted by atomic mass is 32.1. The van der Waals surface area contributed by atoms with Crippen LogP contribution in [0.4, 0.5) is 0 Å². The average molecular weight is 292 g/mol. The molecule has 1 aromatic heterocycles. The fourth-order valence-corrected chi connectivity index (χ4v) is 4.18. The molecule has 1 aromatic rings. The Hall–Kier alpha value is -0.420. The molecule has 4 rings (SSSR count). The zero-order valence-corrected chi connectivity index (χ0v) is 12.9. The number of fused-ring (bicyclic) bond motifs is 1. The van der Waals surface area contributed by atoms with E-state index in [0.29, 0.717) is 6.10 Å². The van der Waals surface area contributed by atoms with Gasteiger partial charge in [0.2, 0.25) is 0 Å². The molecule has 3 nitrogen and oxygen atoms in total. The molecule has 1 saturated carbocycles. The molecule has 3 heterocycles. The van der Waals surface area contributed by atoms with Crippen LogP contribution < -0.4 is 0 Å². The van der Waals surface area contributed by atoms with Gasteiger partial charge in [0.05, 0.1) is 6.10 Å². The summed E-state index contributed by atoms with van der Waals surface area (Å²) < 4.78 is 6.10. The van der Waals surface area contributed by atoms with Gasteiger partial charge in [-0.05, 0) is 47.6 Å². The molecule has 0 unspecified atom stereocenters. The molecule has 4 heteroatoms. The number of hydrogen-bond donors (Lipinski definition) is 0. The van der Waals surface area contributed by atoms with Crippen LogP contribution in [0, 0.1) is 5.92 Å². The van der Waals surface area contributed by atoms with E-state index in [0.717, 1.165) is 25.1 Å². The van der Waals surface area contributed by atoms with Crippen LogP contribution in [0.25, 0.3) is 0 Å². The maximum Gasteiger partial charge on any atom is 0.0717 e. The third-order valence-electron chi connectivity index (χ3n) is 4.91. The molecule has 110 valence electrons. The highest BCUT2D eigenvalue weighted by molar-refractivity contribution is 7.07. The van der Waals surface area contributed by atoms with Crippen molar-refractivity contribution in [1.29, 1.82) is 0 Å². The van der Waals surface area contributed by atoms with Gasteiger partial charge in [-0.25, -0.2) is 0 Å². The SMILES string of the molecule is c1cc(CN2CCN3C[C@@H](OCC4CC4)C[C@@H]3C2)cs1. The minimum absolute atomic E-state index is 0.502. The first-order valence-electron chi connectivity index (χ1n) is 7.96. The van der Waals surface area contributed by atoms with E-state index in [1.165, 1.54) is 51.0 Å². The predicted octanol–water partition coefficient (Wildman–Crippen LogP) is 2.43. The molecule has 0 aromatic carbocycles. The topological polar surface area (TPSA) is 15.7 Å². The molecule has 2 saturated heterocycles. The van der Waals surface area contributed by atoms with Gasteiger partial charge >= 0.3 is 0 Å². The summed E-state index contributed by atoms with van der Waals surface area (Å²) in [5.41, 5.74) is 1.47. The summed E-state index contributed by atoms with van der Waals surface area (Å²) in [6.07, 6.45) is 4.54. The van der Waals surface area contributed by atoms with Gasteiger partial charge < -0.3 is 4.74 Å². The minimum atomic E-state index is 0.502. The number of thiophene rings is 1. The first kappa shape index (κ1) is 13.3. The first-order valence-corrected chi connectivity index (χ1v) is 8.90. The molecular formula is C16H24N2OS. The Morgan fingerprint density at radius 2 is 2.20 bits per heavy atom. The summed E-state index contributed by atoms with van der Waals surface area (Å²) in [6.45, 7) is 6.97. The van der Waals surface area contributed by atoms with Crippen LogP contribution in [0.2, 0.25) is 0 Å². The van der Waals surface area contributed by atoms with Crippen molar-refractivity contribution in [2.24, 2.45) is 5.92 Å². The highest BCUT2D eigenvalue weighted by Crippen LogP contribution is 2.31. The van der Waals surface area contributed by atoms with Crippen molar-refractivity contribution in [2.75, 3.05) is 32.8 Å². The van der Waals surface area contributed by atoms with E-state index >= 15 is 0 Å². The van der Waals surface area contributed by atoms with E-state index in [4.69, 9.17) is 4.74 Å². The normalized spacial score (nSPS) is 31.6. The molecule has 1 aliphatic carbocycles. The summed E-state index contributed by atoms with van der Waals surface area (Å²) in [5, 5.41) is 4.46. The summed E-state index contributed by atoms with van der Waals surface area (Å²) >= 11 is 1.81. The Morgan fingerprint density at radius 3 is 3.00 bits per heavy atom. The van der Waals surface area contributed by atoms with E-state index in [2.05, 4.69) is 26.6 Å². The van der Waals surface area contributed by atoms with Crippen LogP contribution in [0.3, 0.4) is 0 Å². The second-order valence-corrected chi connectivity index (χ2v) is 7.43. The number of ether oxygens (including phenoxy) is 1. The molecule has 0 amide bonds. The fraction of sp³-hybridized carbons (Fsp3) is 0.750. The van der Waals surface area contributed by atoms with Crippen molar-refractivity contribution in [3.63, 3.8) is 0 Å². The van der Waals surface area contributed by atoms with Crippen molar-refractivity contribution in [3.05, 3.63) is 22.4 Å². The van der Waals surface area contributed by atoms with Crippen molar-refractivity contribution in [2.45, 2.75) is 38.0 Å². The molecule has 0 radical (unpaired) electrons. The molecule has 2 atom stereocenters. The van der Waals surface area contributed by atoms with Gasteiger partial charge in [-0.15, -0.1) is 0 Å². The summed E-state index contributed by atoms with van der Waals surface area (Å²) in [6, 6.07) is 2.99. The molecule has 0 bridgehead atoms. The molecule has 0 N–H and O–H groups in total. The molecule has 3 aliphatic rings. The van der Waals surface area contributed by atoms with Gasteiger partial charge in [-0.3, -0.25) is 9.80 Å². The lowest BCUT2D eigenvalue weighted by Crippen LogP contribution is -2.49. The molecule has 3 fully saturated rings. The quantitative estimate of drug-likeness (QED) is 0.829. The van der Waals surface area contributed by atoms with Gasteiger partial charge in [0.15, 0.2) is 0 Å². The lowest BCUT2D eigenvalue weighted by molar-refractivity contribution is 0.0508. The van der Waals surface area contributed by atoms with E-state index in [1.54, 1.807) is 11.3 Å². The second-order valence-electron chi connectivity index (χ2n) is 6.65. The predicted molar refractivity (Wildman–Crippen MR) is 82.0 cm³/mol. The van der Waals surface area contributed by atoms with Crippen LogP contribution in [-0.2, 0) is 11.3 Å². The van der Waals surface area contributed by atoms with Crippen molar-refractivity contribution < 1.29 is 4.74 Å². The van der Waals surface area contributed by atoms with Gasteiger partial charge in [-0.1, -0.05) is 0 Å². The summed E-state index contributed by atoms with van der Waals surface area (Å²) in [4.78, 5) is 5.27.